The van der Waals surface area contributed by atoms with Crippen molar-refractivity contribution < 1.29 is 49.8 Å². The highest BCUT2D eigenvalue weighted by Gasteiger charge is 2.51. The number of nitriles is 1. The number of hydrogen-bond donors (Lipinski definition) is 1. The van der Waals surface area contributed by atoms with Crippen LogP contribution in [0.25, 0.3) is 0 Å². The van der Waals surface area contributed by atoms with Gasteiger partial charge in [-0.3, -0.25) is 0 Å². The zero-order chi connectivity index (χ0) is 29.4. The minimum absolute atomic E-state index is 0.0147. The first-order valence-electron chi connectivity index (χ1n) is 10.8. The Hall–Kier alpha value is -5.10. The van der Waals surface area contributed by atoms with Crippen molar-refractivity contribution in [3.8, 4) is 17.6 Å². The minimum Gasteiger partial charge on any atom is -0.422 e. The van der Waals surface area contributed by atoms with Gasteiger partial charge in [0.25, 0.3) is 0 Å². The van der Waals surface area contributed by atoms with Crippen LogP contribution in [0.15, 0.2) is 71.9 Å². The summed E-state index contributed by atoms with van der Waals surface area (Å²) in [5.41, 5.74) is -1.18. The fraction of sp³-hybridized carbons (Fsp3) is 0.0800. The lowest BCUT2D eigenvalue weighted by molar-refractivity contribution is -0.143. The number of ether oxygens (including phenoxy) is 2. The lowest BCUT2D eigenvalue weighted by Gasteiger charge is -2.33. The Morgan fingerprint density at radius 1 is 0.825 bits per heavy atom. The van der Waals surface area contributed by atoms with Gasteiger partial charge in [0.15, 0.2) is 29.0 Å². The summed E-state index contributed by atoms with van der Waals surface area (Å²) >= 11 is 0. The number of esters is 1. The maximum absolute atomic E-state index is 15.2. The number of nitrogens with two attached hydrogens (primary N) is 1. The quantitative estimate of drug-likeness (QED) is 0.201. The Morgan fingerprint density at radius 3 is 1.75 bits per heavy atom. The van der Waals surface area contributed by atoms with Crippen LogP contribution < -0.4 is 20.2 Å². The Bertz CT molecular complexity index is 1530. The van der Waals surface area contributed by atoms with Crippen molar-refractivity contribution in [1.29, 1.82) is 5.26 Å². The Balaban J connectivity index is 1.95. The van der Waals surface area contributed by atoms with Crippen molar-refractivity contribution in [3.05, 3.63) is 101 Å². The molecule has 1 heterocycles. The molecule has 8 nitrogen and oxygen atoms in total. The van der Waals surface area contributed by atoms with E-state index >= 15 is 8.78 Å². The Kier molecular flexibility index (Phi) is 7.38. The summed E-state index contributed by atoms with van der Waals surface area (Å²) < 4.78 is 109. The summed E-state index contributed by atoms with van der Waals surface area (Å²) in [5, 5.41) is 9.51. The number of amides is 1. The van der Waals surface area contributed by atoms with Crippen LogP contribution in [-0.2, 0) is 11.0 Å². The molecule has 1 aliphatic rings. The number of hydrazine groups is 1. The van der Waals surface area contributed by atoms with Crippen molar-refractivity contribution in [2.45, 2.75) is 12.3 Å². The van der Waals surface area contributed by atoms with Gasteiger partial charge in [0.05, 0.1) is 0 Å². The molecule has 0 spiro atoms. The molecule has 0 aromatic heterocycles. The average molecular weight is 566 g/mol. The summed E-state index contributed by atoms with van der Waals surface area (Å²) in [6, 6.07) is 15.1. The fourth-order valence-corrected chi connectivity index (χ4v) is 3.67. The number of alkyl halides is 3. The third-order valence-electron chi connectivity index (χ3n) is 5.38. The monoisotopic (exact) mass is 566 g/mol. The summed E-state index contributed by atoms with van der Waals surface area (Å²) in [6.07, 6.45) is -9.62. The van der Waals surface area contributed by atoms with Gasteiger partial charge in [0.1, 0.15) is 40.6 Å². The van der Waals surface area contributed by atoms with E-state index in [1.54, 1.807) is 0 Å². The van der Waals surface area contributed by atoms with Crippen molar-refractivity contribution in [1.82, 2.24) is 5.01 Å². The molecule has 1 atom stereocenters. The van der Waals surface area contributed by atoms with E-state index in [-0.39, 0.29) is 21.5 Å². The smallest absolute Gasteiger partial charge is 0.422 e. The van der Waals surface area contributed by atoms with Gasteiger partial charge in [-0.1, -0.05) is 36.4 Å². The summed E-state index contributed by atoms with van der Waals surface area (Å²) in [7, 11) is 0. The molecule has 1 amide bonds. The molecule has 3 aromatic carbocycles. The number of anilines is 1. The lowest BCUT2D eigenvalue weighted by Crippen LogP contribution is -2.53. The van der Waals surface area contributed by atoms with Crippen LogP contribution in [0, 0.1) is 34.6 Å². The van der Waals surface area contributed by atoms with E-state index in [1.165, 1.54) is 66.7 Å². The third-order valence-corrected chi connectivity index (χ3v) is 5.38. The molecule has 0 saturated carbocycles. The molecule has 1 unspecified atom stereocenters. The molecule has 0 fully saturated rings. The van der Waals surface area contributed by atoms with E-state index in [2.05, 4.69) is 0 Å². The zero-order valence-electron chi connectivity index (χ0n) is 19.5. The summed E-state index contributed by atoms with van der Waals surface area (Å²) in [5.74, 6) is -13.1. The number of hydrogen-bond acceptors (Lipinski definition) is 7. The SMILES string of the molecule is N#CC1=C(C(=O)Oc2ccccc2)N(c2c(F)c(F)c(C(F)(F)F)c(F)c2F)N(C(=O)Oc2ccccc2)C1N. The number of halogens is 7. The van der Waals surface area contributed by atoms with Gasteiger partial charge >= 0.3 is 18.2 Å². The van der Waals surface area contributed by atoms with Crippen molar-refractivity contribution in [2.24, 2.45) is 5.73 Å². The van der Waals surface area contributed by atoms with Gasteiger partial charge in [-0.15, -0.1) is 0 Å². The average Bonchev–Trinajstić information content (AvgIpc) is 3.20. The molecular formula is C25H13F7N4O4. The van der Waals surface area contributed by atoms with Crippen LogP contribution in [0.4, 0.5) is 41.2 Å². The lowest BCUT2D eigenvalue weighted by atomic mass is 10.1. The van der Waals surface area contributed by atoms with Gasteiger partial charge in [-0.25, -0.2) is 32.2 Å². The van der Waals surface area contributed by atoms with Crippen molar-refractivity contribution in [2.75, 3.05) is 5.01 Å². The van der Waals surface area contributed by atoms with E-state index in [1.807, 2.05) is 0 Å². The van der Waals surface area contributed by atoms with E-state index in [9.17, 15) is 36.8 Å². The minimum atomic E-state index is -5.88. The van der Waals surface area contributed by atoms with Crippen LogP contribution in [0.5, 0.6) is 11.5 Å². The van der Waals surface area contributed by atoms with E-state index < -0.39 is 70.2 Å². The standard InChI is InChI=1S/C25H13F7N4O4/c26-16-15(25(30,31)32)17(27)19(29)21(18(16)28)35-20(23(37)39-12-7-3-1-4-8-12)14(11-33)22(34)36(35)24(38)40-13-9-5-2-6-10-13/h1-10,22H,34H2. The number of rotatable bonds is 4. The molecule has 0 aliphatic carbocycles. The van der Waals surface area contributed by atoms with Crippen molar-refractivity contribution in [3.63, 3.8) is 0 Å². The first kappa shape index (κ1) is 27.9. The fourth-order valence-electron chi connectivity index (χ4n) is 3.67. The third kappa shape index (κ3) is 4.87. The predicted octanol–water partition coefficient (Wildman–Crippen LogP) is 5.17. The second-order valence-electron chi connectivity index (χ2n) is 7.84. The van der Waals surface area contributed by atoms with Gasteiger partial charge < -0.3 is 15.2 Å². The molecule has 0 radical (unpaired) electrons. The number of carbonyl (C=O) groups is 2. The summed E-state index contributed by atoms with van der Waals surface area (Å²) in [4.78, 5) is 26.2. The van der Waals surface area contributed by atoms with Gasteiger partial charge in [0, 0.05) is 0 Å². The van der Waals surface area contributed by atoms with Gasteiger partial charge in [0.2, 0.25) is 0 Å². The highest BCUT2D eigenvalue weighted by molar-refractivity contribution is 5.98. The van der Waals surface area contributed by atoms with Crippen LogP contribution >= 0.6 is 0 Å². The zero-order valence-corrected chi connectivity index (χ0v) is 19.5. The number of para-hydroxylation sites is 2. The predicted molar refractivity (Wildman–Crippen MR) is 121 cm³/mol. The Morgan fingerprint density at radius 2 is 1.30 bits per heavy atom. The first-order chi connectivity index (χ1) is 18.9. The second-order valence-corrected chi connectivity index (χ2v) is 7.84. The van der Waals surface area contributed by atoms with Crippen LogP contribution in [-0.4, -0.2) is 23.2 Å². The highest BCUT2D eigenvalue weighted by Crippen LogP contribution is 2.43. The Labute approximate surface area is 219 Å². The molecule has 0 saturated heterocycles. The molecule has 4 rings (SSSR count). The van der Waals surface area contributed by atoms with Gasteiger partial charge in [-0.2, -0.15) is 23.4 Å². The molecule has 206 valence electrons. The summed E-state index contributed by atoms with van der Waals surface area (Å²) in [6.45, 7) is 0. The molecule has 15 heteroatoms. The van der Waals surface area contributed by atoms with Gasteiger partial charge in [-0.05, 0) is 24.3 Å². The second kappa shape index (κ2) is 10.6. The number of nitrogens with zero attached hydrogens (tertiary/aromatic N) is 3. The van der Waals surface area contributed by atoms with E-state index in [0.717, 1.165) is 0 Å². The van der Waals surface area contributed by atoms with Crippen LogP contribution in [0.2, 0.25) is 0 Å². The largest absolute Gasteiger partial charge is 0.436 e. The maximum Gasteiger partial charge on any atom is 0.436 e. The maximum atomic E-state index is 15.2. The van der Waals surface area contributed by atoms with Crippen LogP contribution in [0.3, 0.4) is 0 Å². The topological polar surface area (TPSA) is 109 Å². The number of benzene rings is 3. The molecule has 2 N–H and O–H groups in total. The molecule has 3 aromatic rings. The first-order valence-corrected chi connectivity index (χ1v) is 10.8. The molecular weight excluding hydrogens is 553 g/mol. The molecule has 40 heavy (non-hydrogen) atoms. The van der Waals surface area contributed by atoms with Crippen LogP contribution in [0.1, 0.15) is 5.56 Å². The highest BCUT2D eigenvalue weighted by atomic mass is 19.4. The normalized spacial score (nSPS) is 15.2. The van der Waals surface area contributed by atoms with Crippen molar-refractivity contribution >= 4 is 17.7 Å². The van der Waals surface area contributed by atoms with E-state index in [0.29, 0.717) is 0 Å². The molecule has 0 bridgehead atoms. The molecule has 1 aliphatic heterocycles. The number of carbonyl (C=O) groups excluding carboxylic acids is 2. The van der Waals surface area contributed by atoms with E-state index in [4.69, 9.17) is 15.2 Å².